The Morgan fingerprint density at radius 1 is 1.16 bits per heavy atom. The first kappa shape index (κ1) is 19.5. The second kappa shape index (κ2) is 7.43. The predicted octanol–water partition coefficient (Wildman–Crippen LogP) is 3.49. The molecule has 6 rings (SSSR count). The Morgan fingerprint density at radius 2 is 2.00 bits per heavy atom. The van der Waals surface area contributed by atoms with Gasteiger partial charge in [0.05, 0.1) is 26.9 Å². The van der Waals surface area contributed by atoms with Crippen LogP contribution in [0.15, 0.2) is 41.9 Å². The number of benzene rings is 1. The summed E-state index contributed by atoms with van der Waals surface area (Å²) in [6.45, 7) is 2.96. The first-order valence-electron chi connectivity index (χ1n) is 10.9. The van der Waals surface area contributed by atoms with Crippen molar-refractivity contribution in [3.8, 4) is 0 Å². The second-order valence-corrected chi connectivity index (χ2v) is 9.63. The van der Waals surface area contributed by atoms with E-state index < -0.39 is 0 Å². The number of aromatic nitrogens is 3. The van der Waals surface area contributed by atoms with Crippen LogP contribution < -0.4 is 5.32 Å². The molecule has 32 heavy (non-hydrogen) atoms. The highest BCUT2D eigenvalue weighted by molar-refractivity contribution is 7.17. The number of H-pyrrole nitrogens is 1. The number of amides is 2. The molecule has 1 atom stereocenters. The lowest BCUT2D eigenvalue weighted by Gasteiger charge is -2.29. The maximum atomic E-state index is 13.0. The van der Waals surface area contributed by atoms with Crippen molar-refractivity contribution in [3.63, 3.8) is 0 Å². The van der Waals surface area contributed by atoms with Crippen LogP contribution in [0.1, 0.15) is 24.1 Å². The lowest BCUT2D eigenvalue weighted by atomic mass is 9.98. The molecule has 162 valence electrons. The second-order valence-electron chi connectivity index (χ2n) is 8.72. The number of hydrogen-bond acceptors (Lipinski definition) is 5. The van der Waals surface area contributed by atoms with Crippen LogP contribution in [-0.4, -0.2) is 51.6 Å². The topological polar surface area (TPSA) is 83.0 Å². The summed E-state index contributed by atoms with van der Waals surface area (Å²) in [5.74, 6) is -0.247. The maximum absolute atomic E-state index is 13.0. The molecule has 4 aromatic rings. The number of nitrogens with zero attached hydrogens (tertiary/aromatic N) is 3. The third kappa shape index (κ3) is 3.02. The molecule has 0 bridgehead atoms. The van der Waals surface area contributed by atoms with Gasteiger partial charge in [-0.1, -0.05) is 18.2 Å². The van der Waals surface area contributed by atoms with E-state index in [2.05, 4.69) is 22.2 Å². The minimum atomic E-state index is -0.385. The molecule has 8 heteroatoms. The summed E-state index contributed by atoms with van der Waals surface area (Å²) in [6.07, 6.45) is 4.16. The van der Waals surface area contributed by atoms with Gasteiger partial charge in [0.2, 0.25) is 0 Å². The molecule has 1 aromatic carbocycles. The number of piperidine rings is 1. The van der Waals surface area contributed by atoms with Crippen molar-refractivity contribution < 1.29 is 9.59 Å². The normalized spacial score (nSPS) is 20.1. The van der Waals surface area contributed by atoms with Gasteiger partial charge in [-0.25, -0.2) is 0 Å². The fourth-order valence-corrected chi connectivity index (χ4v) is 5.97. The Morgan fingerprint density at radius 3 is 2.88 bits per heavy atom. The number of thiophene rings is 1. The minimum absolute atomic E-state index is 0.361. The number of carbonyl (C=O) groups excluding carboxylic acids is 2. The maximum Gasteiger partial charge on any atom is 0.261 e. The van der Waals surface area contributed by atoms with Crippen LogP contribution in [0.3, 0.4) is 0 Å². The van der Waals surface area contributed by atoms with Crippen molar-refractivity contribution in [1.29, 1.82) is 0 Å². The molecule has 2 aliphatic rings. The highest BCUT2D eigenvalue weighted by Gasteiger charge is 2.36. The highest BCUT2D eigenvalue weighted by Crippen LogP contribution is 2.38. The summed E-state index contributed by atoms with van der Waals surface area (Å²) >= 11 is 1.55. The number of likely N-dealkylation sites (tertiary alicyclic amines) is 1. The van der Waals surface area contributed by atoms with E-state index >= 15 is 0 Å². The van der Waals surface area contributed by atoms with Crippen LogP contribution in [-0.2, 0) is 16.1 Å². The Hall–Kier alpha value is -3.23. The molecule has 0 aliphatic carbocycles. The number of imide groups is 1. The summed E-state index contributed by atoms with van der Waals surface area (Å²) in [5.41, 5.74) is 4.04. The number of fused-ring (bicyclic) bond motifs is 2. The summed E-state index contributed by atoms with van der Waals surface area (Å²) in [6, 6.07) is 9.95. The van der Waals surface area contributed by atoms with Gasteiger partial charge in [-0.05, 0) is 49.9 Å². The molecule has 3 aromatic heterocycles. The Kier molecular flexibility index (Phi) is 4.51. The van der Waals surface area contributed by atoms with Gasteiger partial charge in [-0.3, -0.25) is 19.6 Å². The summed E-state index contributed by atoms with van der Waals surface area (Å²) < 4.78 is 2.99. The van der Waals surface area contributed by atoms with E-state index in [1.54, 1.807) is 11.3 Å². The van der Waals surface area contributed by atoms with Gasteiger partial charge in [0, 0.05) is 30.2 Å². The Labute approximate surface area is 188 Å². The summed E-state index contributed by atoms with van der Waals surface area (Å²) in [7, 11) is 2.16. The molecule has 0 spiro atoms. The number of nitrogens with one attached hydrogen (secondary N) is 2. The van der Waals surface area contributed by atoms with Crippen LogP contribution in [0, 0.1) is 5.92 Å². The number of carbonyl (C=O) groups is 2. The zero-order valence-corrected chi connectivity index (χ0v) is 18.5. The van der Waals surface area contributed by atoms with Gasteiger partial charge in [0.25, 0.3) is 11.8 Å². The van der Waals surface area contributed by atoms with Crippen molar-refractivity contribution in [1.82, 2.24) is 25.0 Å². The number of rotatable bonds is 4. The van der Waals surface area contributed by atoms with Gasteiger partial charge in [0.15, 0.2) is 0 Å². The molecular formula is C24H23N5O2S. The predicted molar refractivity (Wildman–Crippen MR) is 126 cm³/mol. The van der Waals surface area contributed by atoms with E-state index in [0.717, 1.165) is 46.3 Å². The average Bonchev–Trinajstić information content (AvgIpc) is 3.52. The SMILES string of the molecule is CN1CCCC(Cn2nc(C3=C(c4c[nH]c5ccsc45)C(=O)NC3=O)c3ccccc32)C1. The Balaban J connectivity index is 1.52. The molecule has 5 heterocycles. The van der Waals surface area contributed by atoms with E-state index in [1.807, 2.05) is 46.6 Å². The van der Waals surface area contributed by atoms with Crippen molar-refractivity contribution in [2.45, 2.75) is 19.4 Å². The first-order valence-corrected chi connectivity index (χ1v) is 11.8. The monoisotopic (exact) mass is 445 g/mol. The quantitative estimate of drug-likeness (QED) is 0.471. The van der Waals surface area contributed by atoms with E-state index in [1.165, 1.54) is 12.8 Å². The third-order valence-corrected chi connectivity index (χ3v) is 7.48. The van der Waals surface area contributed by atoms with Crippen LogP contribution in [0.4, 0.5) is 0 Å². The van der Waals surface area contributed by atoms with Crippen molar-refractivity contribution in [3.05, 3.63) is 53.2 Å². The number of para-hydroxylation sites is 1. The van der Waals surface area contributed by atoms with E-state index in [9.17, 15) is 9.59 Å². The van der Waals surface area contributed by atoms with Crippen LogP contribution in [0.2, 0.25) is 0 Å². The smallest absolute Gasteiger partial charge is 0.261 e. The van der Waals surface area contributed by atoms with Crippen LogP contribution >= 0.6 is 11.3 Å². The fraction of sp³-hybridized carbons (Fsp3) is 0.292. The molecule has 2 amide bonds. The zero-order chi connectivity index (χ0) is 21.8. The summed E-state index contributed by atoms with van der Waals surface area (Å²) in [4.78, 5) is 31.5. The van der Waals surface area contributed by atoms with Crippen molar-refractivity contribution in [2.75, 3.05) is 20.1 Å². The van der Waals surface area contributed by atoms with Gasteiger partial charge in [-0.2, -0.15) is 5.10 Å². The van der Waals surface area contributed by atoms with E-state index in [4.69, 9.17) is 5.10 Å². The molecular weight excluding hydrogens is 422 g/mol. The first-order chi connectivity index (χ1) is 15.6. The molecule has 1 unspecified atom stereocenters. The van der Waals surface area contributed by atoms with Crippen molar-refractivity contribution in [2.24, 2.45) is 5.92 Å². The van der Waals surface area contributed by atoms with Gasteiger partial charge in [-0.15, -0.1) is 11.3 Å². The van der Waals surface area contributed by atoms with E-state index in [-0.39, 0.29) is 11.8 Å². The fourth-order valence-electron chi connectivity index (χ4n) is 5.09. The number of hydrogen-bond donors (Lipinski definition) is 2. The molecule has 0 radical (unpaired) electrons. The van der Waals surface area contributed by atoms with Crippen LogP contribution in [0.5, 0.6) is 0 Å². The van der Waals surface area contributed by atoms with Gasteiger partial charge < -0.3 is 9.88 Å². The molecule has 2 N–H and O–H groups in total. The van der Waals surface area contributed by atoms with Crippen LogP contribution in [0.25, 0.3) is 32.3 Å². The van der Waals surface area contributed by atoms with Crippen molar-refractivity contribution >= 4 is 55.4 Å². The highest BCUT2D eigenvalue weighted by atomic mass is 32.1. The average molecular weight is 446 g/mol. The molecule has 2 aliphatic heterocycles. The molecule has 0 saturated carbocycles. The largest absolute Gasteiger partial charge is 0.360 e. The van der Waals surface area contributed by atoms with E-state index in [0.29, 0.717) is 22.8 Å². The minimum Gasteiger partial charge on any atom is -0.360 e. The molecule has 1 fully saturated rings. The van der Waals surface area contributed by atoms with Gasteiger partial charge >= 0.3 is 0 Å². The Bertz CT molecular complexity index is 1410. The van der Waals surface area contributed by atoms with Gasteiger partial charge in [0.1, 0.15) is 5.69 Å². The molecule has 7 nitrogen and oxygen atoms in total. The summed E-state index contributed by atoms with van der Waals surface area (Å²) in [5, 5.41) is 10.3. The lowest BCUT2D eigenvalue weighted by Crippen LogP contribution is -2.34. The standard InChI is InChI=1S/C24H23N5O2S/c1-28-9-4-5-14(12-28)13-29-18-7-3-2-6-15(18)21(27-29)20-19(23(30)26-24(20)31)16-11-25-17-8-10-32-22(16)17/h2-3,6-8,10-11,14,25H,4-5,9,12-13H2,1H3,(H,26,30,31). The lowest BCUT2D eigenvalue weighted by molar-refractivity contribution is -0.122. The third-order valence-electron chi connectivity index (χ3n) is 6.53. The molecule has 1 saturated heterocycles. The number of aromatic amines is 1. The zero-order valence-electron chi connectivity index (χ0n) is 17.7.